The minimum Gasteiger partial charge on any atom is -0.247 e. The summed E-state index contributed by atoms with van der Waals surface area (Å²) in [4.78, 5) is 11.9. The van der Waals surface area contributed by atoms with Gasteiger partial charge < -0.3 is 0 Å². The van der Waals surface area contributed by atoms with Crippen molar-refractivity contribution in [1.29, 1.82) is 0 Å². The maximum atomic E-state index is 12.7. The minimum atomic E-state index is -2.57. The molecule has 0 radical (unpaired) electrons. The number of hydrogen-bond donors (Lipinski definition) is 0. The lowest BCUT2D eigenvalue weighted by molar-refractivity contribution is 0.146. The zero-order valence-electron chi connectivity index (χ0n) is 12.1. The van der Waals surface area contributed by atoms with Crippen molar-refractivity contribution < 1.29 is 8.78 Å². The molecule has 0 aliphatic carbocycles. The fourth-order valence-electron chi connectivity index (χ4n) is 2.13. The summed E-state index contributed by atoms with van der Waals surface area (Å²) in [6.07, 6.45) is 5.95. The Balaban J connectivity index is 1.84. The van der Waals surface area contributed by atoms with Gasteiger partial charge in [-0.15, -0.1) is 0 Å². The lowest BCUT2D eigenvalue weighted by Gasteiger charge is -2.02. The minimum absolute atomic E-state index is 0.220. The van der Waals surface area contributed by atoms with E-state index in [1.807, 2.05) is 30.3 Å². The molecule has 23 heavy (non-hydrogen) atoms. The fourth-order valence-corrected chi connectivity index (χ4v) is 2.13. The van der Waals surface area contributed by atoms with Crippen LogP contribution in [0.4, 0.5) is 8.78 Å². The molecule has 0 N–H and O–H groups in total. The molecule has 0 aliphatic heterocycles. The molecule has 0 atom stereocenters. The summed E-state index contributed by atoms with van der Waals surface area (Å²) in [5.41, 5.74) is 3.12. The van der Waals surface area contributed by atoms with Crippen LogP contribution in [-0.4, -0.2) is 15.0 Å². The fraction of sp³-hybridized carbons (Fsp3) is 0.0556. The van der Waals surface area contributed by atoms with Gasteiger partial charge in [0.1, 0.15) is 12.0 Å². The van der Waals surface area contributed by atoms with Crippen LogP contribution in [0.1, 0.15) is 23.4 Å². The van der Waals surface area contributed by atoms with E-state index < -0.39 is 6.43 Å². The summed E-state index contributed by atoms with van der Waals surface area (Å²) >= 11 is 0. The molecule has 0 unspecified atom stereocenters. The highest BCUT2D eigenvalue weighted by molar-refractivity contribution is 5.72. The van der Waals surface area contributed by atoms with Crippen LogP contribution in [0.25, 0.3) is 23.3 Å². The Hall–Kier alpha value is -2.95. The van der Waals surface area contributed by atoms with Gasteiger partial charge in [0.05, 0.1) is 5.69 Å². The summed E-state index contributed by atoms with van der Waals surface area (Å²) in [6, 6.07) is 12.4. The predicted molar refractivity (Wildman–Crippen MR) is 85.6 cm³/mol. The maximum Gasteiger partial charge on any atom is 0.280 e. The second kappa shape index (κ2) is 6.87. The van der Waals surface area contributed by atoms with Crippen LogP contribution in [0, 0.1) is 0 Å². The van der Waals surface area contributed by atoms with Crippen molar-refractivity contribution in [3.05, 3.63) is 78.1 Å². The van der Waals surface area contributed by atoms with Crippen LogP contribution in [-0.2, 0) is 0 Å². The maximum absolute atomic E-state index is 12.7. The average molecular weight is 309 g/mol. The molecule has 0 bridgehead atoms. The monoisotopic (exact) mass is 309 g/mol. The van der Waals surface area contributed by atoms with Gasteiger partial charge in [-0.2, -0.15) is 0 Å². The Labute approximate surface area is 132 Å². The van der Waals surface area contributed by atoms with E-state index in [1.54, 1.807) is 30.6 Å². The van der Waals surface area contributed by atoms with Crippen molar-refractivity contribution in [2.75, 3.05) is 0 Å². The van der Waals surface area contributed by atoms with Crippen LogP contribution in [0.2, 0.25) is 0 Å². The number of alkyl halides is 2. The van der Waals surface area contributed by atoms with E-state index in [1.165, 1.54) is 12.4 Å². The van der Waals surface area contributed by atoms with E-state index in [-0.39, 0.29) is 5.69 Å². The number of aromatic nitrogens is 3. The highest BCUT2D eigenvalue weighted by Crippen LogP contribution is 2.20. The van der Waals surface area contributed by atoms with Gasteiger partial charge in [-0.25, -0.2) is 23.7 Å². The molecule has 0 fully saturated rings. The molecule has 2 heterocycles. The summed E-state index contributed by atoms with van der Waals surface area (Å²) < 4.78 is 25.3. The first-order valence-corrected chi connectivity index (χ1v) is 7.01. The molecular weight excluding hydrogens is 296 g/mol. The van der Waals surface area contributed by atoms with E-state index >= 15 is 0 Å². The second-order valence-electron chi connectivity index (χ2n) is 4.87. The van der Waals surface area contributed by atoms with Crippen LogP contribution < -0.4 is 0 Å². The van der Waals surface area contributed by atoms with Crippen LogP contribution in [0.5, 0.6) is 0 Å². The molecule has 3 rings (SSSR count). The van der Waals surface area contributed by atoms with Gasteiger partial charge in [-0.05, 0) is 35.4 Å². The topological polar surface area (TPSA) is 38.7 Å². The molecule has 0 amide bonds. The van der Waals surface area contributed by atoms with Crippen LogP contribution >= 0.6 is 0 Å². The molecule has 1 aromatic carbocycles. The Morgan fingerprint density at radius 3 is 2.43 bits per heavy atom. The number of pyridine rings is 1. The van der Waals surface area contributed by atoms with Crippen molar-refractivity contribution in [3.8, 4) is 11.1 Å². The van der Waals surface area contributed by atoms with Gasteiger partial charge in [-0.1, -0.05) is 30.3 Å². The Morgan fingerprint density at radius 2 is 1.65 bits per heavy atom. The van der Waals surface area contributed by atoms with E-state index in [2.05, 4.69) is 15.0 Å². The third-order valence-corrected chi connectivity index (χ3v) is 3.24. The van der Waals surface area contributed by atoms with E-state index in [9.17, 15) is 8.78 Å². The zero-order valence-corrected chi connectivity index (χ0v) is 12.1. The molecule has 3 aromatic rings. The molecule has 5 heteroatoms. The second-order valence-corrected chi connectivity index (χ2v) is 4.87. The van der Waals surface area contributed by atoms with Gasteiger partial charge in [-0.3, -0.25) is 0 Å². The number of benzene rings is 1. The molecule has 114 valence electrons. The van der Waals surface area contributed by atoms with Crippen molar-refractivity contribution >= 4 is 12.2 Å². The average Bonchev–Trinajstić information content (AvgIpc) is 2.61. The van der Waals surface area contributed by atoms with Crippen molar-refractivity contribution in [1.82, 2.24) is 15.0 Å². The predicted octanol–water partition coefficient (Wildman–Crippen LogP) is 4.65. The van der Waals surface area contributed by atoms with Crippen molar-refractivity contribution in [3.63, 3.8) is 0 Å². The Morgan fingerprint density at radius 1 is 0.870 bits per heavy atom. The summed E-state index contributed by atoms with van der Waals surface area (Å²) in [7, 11) is 0. The Bertz CT molecular complexity index is 817. The third kappa shape index (κ3) is 3.83. The molecule has 3 nitrogen and oxygen atoms in total. The molecular formula is C18H13F2N3. The van der Waals surface area contributed by atoms with E-state index in [0.29, 0.717) is 5.69 Å². The Kier molecular flexibility index (Phi) is 4.47. The summed E-state index contributed by atoms with van der Waals surface area (Å²) in [5.74, 6) is 0. The highest BCUT2D eigenvalue weighted by atomic mass is 19.3. The number of nitrogens with zero attached hydrogens (tertiary/aromatic N) is 3. The zero-order chi connectivity index (χ0) is 16.1. The quantitative estimate of drug-likeness (QED) is 0.704. The lowest BCUT2D eigenvalue weighted by Crippen LogP contribution is -1.91. The van der Waals surface area contributed by atoms with Crippen molar-refractivity contribution in [2.24, 2.45) is 0 Å². The van der Waals surface area contributed by atoms with Gasteiger partial charge in [0.25, 0.3) is 6.43 Å². The highest BCUT2D eigenvalue weighted by Gasteiger charge is 2.07. The molecule has 0 aliphatic rings. The first-order chi connectivity index (χ1) is 11.2. The third-order valence-electron chi connectivity index (χ3n) is 3.24. The van der Waals surface area contributed by atoms with E-state index in [0.717, 1.165) is 16.7 Å². The van der Waals surface area contributed by atoms with Crippen LogP contribution in [0.15, 0.2) is 61.2 Å². The normalized spacial score (nSPS) is 11.3. The summed E-state index contributed by atoms with van der Waals surface area (Å²) in [5, 5.41) is 0. The van der Waals surface area contributed by atoms with Crippen LogP contribution in [0.3, 0.4) is 0 Å². The number of hydrogen-bond acceptors (Lipinski definition) is 3. The number of halogens is 2. The number of rotatable bonds is 4. The standard InChI is InChI=1S/C18H13F2N3/c19-18(20)17-6-2-5-16(23-17)8-7-13-3-1-4-14(9-13)15-10-21-12-22-11-15/h1-12,18H/b8-7+. The van der Waals surface area contributed by atoms with Crippen molar-refractivity contribution in [2.45, 2.75) is 6.43 Å². The van der Waals surface area contributed by atoms with E-state index in [4.69, 9.17) is 0 Å². The lowest BCUT2D eigenvalue weighted by atomic mass is 10.1. The molecule has 0 spiro atoms. The van der Waals surface area contributed by atoms with Gasteiger partial charge in [0.15, 0.2) is 0 Å². The first-order valence-electron chi connectivity index (χ1n) is 7.01. The molecule has 0 saturated carbocycles. The summed E-state index contributed by atoms with van der Waals surface area (Å²) in [6.45, 7) is 0. The SMILES string of the molecule is FC(F)c1cccc(/C=C/c2cccc(-c3cncnc3)c2)n1. The smallest absolute Gasteiger partial charge is 0.247 e. The van der Waals surface area contributed by atoms with Gasteiger partial charge >= 0.3 is 0 Å². The first kappa shape index (κ1) is 15.0. The molecule has 2 aromatic heterocycles. The largest absolute Gasteiger partial charge is 0.280 e. The van der Waals surface area contributed by atoms with Gasteiger partial charge in [0, 0.05) is 18.0 Å². The molecule has 0 saturated heterocycles. The van der Waals surface area contributed by atoms with Gasteiger partial charge in [0.2, 0.25) is 0 Å².